The van der Waals surface area contributed by atoms with Gasteiger partial charge in [0.2, 0.25) is 5.91 Å². The van der Waals surface area contributed by atoms with Crippen LogP contribution in [0.1, 0.15) is 0 Å². The molecule has 6 heteroatoms. The van der Waals surface area contributed by atoms with Crippen LogP contribution in [-0.4, -0.2) is 30.9 Å². The van der Waals surface area contributed by atoms with E-state index in [2.05, 4.69) is 5.32 Å². The second kappa shape index (κ2) is 8.11. The Balaban J connectivity index is 1.32. The topological polar surface area (TPSA) is 47.6 Å². The van der Waals surface area contributed by atoms with E-state index in [0.29, 0.717) is 29.7 Å². The molecule has 4 nitrogen and oxygen atoms in total. The van der Waals surface area contributed by atoms with Crippen molar-refractivity contribution in [1.82, 2.24) is 5.32 Å². The van der Waals surface area contributed by atoms with Gasteiger partial charge in [-0.05, 0) is 29.7 Å². The highest BCUT2D eigenvalue weighted by molar-refractivity contribution is 8.00. The Morgan fingerprint density at radius 1 is 1.07 bits per heavy atom. The number of carbonyl (C=O) groups excluding carboxylic acids is 1. The summed E-state index contributed by atoms with van der Waals surface area (Å²) in [7, 11) is 0. The molecule has 138 valence electrons. The molecule has 0 aliphatic carbocycles. The third-order valence-electron chi connectivity index (χ3n) is 4.27. The third-order valence-corrected chi connectivity index (χ3v) is 5.64. The fourth-order valence-electron chi connectivity index (χ4n) is 2.97. The number of ether oxygens (including phenoxy) is 2. The Morgan fingerprint density at radius 3 is 2.70 bits per heavy atom. The van der Waals surface area contributed by atoms with Gasteiger partial charge in [-0.2, -0.15) is 0 Å². The van der Waals surface area contributed by atoms with Gasteiger partial charge in [-0.25, -0.2) is 0 Å². The highest BCUT2D eigenvalue weighted by atomic mass is 35.5. The molecule has 1 aliphatic heterocycles. The molecule has 0 saturated carbocycles. The van der Waals surface area contributed by atoms with Crippen molar-refractivity contribution in [2.24, 2.45) is 0 Å². The Kier molecular flexibility index (Phi) is 5.41. The summed E-state index contributed by atoms with van der Waals surface area (Å²) in [6.07, 6.45) is -0.194. The molecule has 1 amide bonds. The maximum Gasteiger partial charge on any atom is 0.230 e. The zero-order valence-corrected chi connectivity index (χ0v) is 16.1. The van der Waals surface area contributed by atoms with E-state index in [0.717, 1.165) is 21.4 Å². The van der Waals surface area contributed by atoms with E-state index in [1.807, 2.05) is 60.7 Å². The number of rotatable bonds is 5. The van der Waals surface area contributed by atoms with E-state index < -0.39 is 0 Å². The molecule has 0 saturated heterocycles. The van der Waals surface area contributed by atoms with Gasteiger partial charge in [-0.1, -0.05) is 48.0 Å². The summed E-state index contributed by atoms with van der Waals surface area (Å²) in [5.41, 5.74) is 0. The van der Waals surface area contributed by atoms with Crippen LogP contribution < -0.4 is 14.8 Å². The predicted octanol–water partition coefficient (Wildman–Crippen LogP) is 4.54. The van der Waals surface area contributed by atoms with Crippen LogP contribution in [-0.2, 0) is 4.79 Å². The zero-order chi connectivity index (χ0) is 18.6. The summed E-state index contributed by atoms with van der Waals surface area (Å²) < 4.78 is 11.5. The van der Waals surface area contributed by atoms with Crippen LogP contribution in [0, 0.1) is 0 Å². The molecular weight excluding hydrogens is 382 g/mol. The summed E-state index contributed by atoms with van der Waals surface area (Å²) in [5, 5.41) is 5.67. The Morgan fingerprint density at radius 2 is 1.85 bits per heavy atom. The lowest BCUT2D eigenvalue weighted by atomic mass is 10.1. The molecule has 1 atom stereocenters. The monoisotopic (exact) mass is 399 g/mol. The van der Waals surface area contributed by atoms with E-state index in [1.54, 1.807) is 0 Å². The van der Waals surface area contributed by atoms with Crippen molar-refractivity contribution in [3.8, 4) is 11.5 Å². The van der Waals surface area contributed by atoms with Gasteiger partial charge in [0.05, 0.1) is 12.3 Å². The van der Waals surface area contributed by atoms with Gasteiger partial charge in [0.25, 0.3) is 0 Å². The maximum absolute atomic E-state index is 12.3. The first kappa shape index (κ1) is 18.0. The van der Waals surface area contributed by atoms with E-state index >= 15 is 0 Å². The number of carbonyl (C=O) groups is 1. The van der Waals surface area contributed by atoms with Crippen molar-refractivity contribution in [3.05, 3.63) is 65.7 Å². The second-order valence-corrected chi connectivity index (χ2v) is 7.61. The minimum absolute atomic E-state index is 0.0495. The van der Waals surface area contributed by atoms with Crippen LogP contribution in [0.25, 0.3) is 10.8 Å². The molecule has 1 heterocycles. The van der Waals surface area contributed by atoms with Gasteiger partial charge in [0.15, 0.2) is 11.5 Å². The average Bonchev–Trinajstić information content (AvgIpc) is 2.70. The summed E-state index contributed by atoms with van der Waals surface area (Å²) >= 11 is 7.82. The summed E-state index contributed by atoms with van der Waals surface area (Å²) in [6.45, 7) is 0.827. The summed E-state index contributed by atoms with van der Waals surface area (Å²) in [4.78, 5) is 13.3. The van der Waals surface area contributed by atoms with Gasteiger partial charge in [0, 0.05) is 15.3 Å². The van der Waals surface area contributed by atoms with Gasteiger partial charge < -0.3 is 14.8 Å². The zero-order valence-electron chi connectivity index (χ0n) is 14.5. The first-order chi connectivity index (χ1) is 13.2. The number of hydrogen-bond acceptors (Lipinski definition) is 4. The predicted molar refractivity (Wildman–Crippen MR) is 109 cm³/mol. The van der Waals surface area contributed by atoms with Gasteiger partial charge in [-0.15, -0.1) is 11.8 Å². The highest BCUT2D eigenvalue weighted by Crippen LogP contribution is 2.33. The van der Waals surface area contributed by atoms with Gasteiger partial charge in [-0.3, -0.25) is 4.79 Å². The smallest absolute Gasteiger partial charge is 0.230 e. The number of fused-ring (bicyclic) bond motifs is 2. The van der Waals surface area contributed by atoms with Crippen molar-refractivity contribution in [3.63, 3.8) is 0 Å². The average molecular weight is 400 g/mol. The van der Waals surface area contributed by atoms with Gasteiger partial charge >= 0.3 is 0 Å². The number of para-hydroxylation sites is 2. The second-order valence-electron chi connectivity index (χ2n) is 6.18. The minimum Gasteiger partial charge on any atom is -0.486 e. The summed E-state index contributed by atoms with van der Waals surface area (Å²) in [6, 6.07) is 19.3. The SMILES string of the molecule is O=C(CSc1cccc2cccc(Cl)c12)NC[C@H]1COc2ccccc2O1. The van der Waals surface area contributed by atoms with Crippen LogP contribution in [0.2, 0.25) is 5.02 Å². The quantitative estimate of drug-likeness (QED) is 0.640. The van der Waals surface area contributed by atoms with Crippen LogP contribution in [0.4, 0.5) is 0 Å². The van der Waals surface area contributed by atoms with Crippen molar-refractivity contribution in [2.75, 3.05) is 18.9 Å². The first-order valence-electron chi connectivity index (χ1n) is 8.66. The number of hydrogen-bond donors (Lipinski definition) is 1. The van der Waals surface area contributed by atoms with Crippen molar-refractivity contribution >= 4 is 40.0 Å². The number of nitrogens with one attached hydrogen (secondary N) is 1. The molecule has 1 aliphatic rings. The molecule has 27 heavy (non-hydrogen) atoms. The van der Waals surface area contributed by atoms with E-state index in [1.165, 1.54) is 11.8 Å². The van der Waals surface area contributed by atoms with Crippen LogP contribution in [0.3, 0.4) is 0 Å². The van der Waals surface area contributed by atoms with Crippen LogP contribution in [0.15, 0.2) is 65.6 Å². The third kappa shape index (κ3) is 4.15. The largest absolute Gasteiger partial charge is 0.486 e. The molecule has 0 spiro atoms. The highest BCUT2D eigenvalue weighted by Gasteiger charge is 2.21. The van der Waals surface area contributed by atoms with E-state index in [9.17, 15) is 4.79 Å². The van der Waals surface area contributed by atoms with Crippen molar-refractivity contribution in [1.29, 1.82) is 0 Å². The lowest BCUT2D eigenvalue weighted by molar-refractivity contribution is -0.119. The molecule has 1 N–H and O–H groups in total. The lowest BCUT2D eigenvalue weighted by Crippen LogP contribution is -2.41. The molecule has 0 radical (unpaired) electrons. The fraction of sp³-hybridized carbons (Fsp3) is 0.190. The maximum atomic E-state index is 12.3. The van der Waals surface area contributed by atoms with Crippen LogP contribution >= 0.6 is 23.4 Å². The molecule has 0 fully saturated rings. The van der Waals surface area contributed by atoms with Crippen molar-refractivity contribution < 1.29 is 14.3 Å². The molecule has 0 unspecified atom stereocenters. The number of amides is 1. The number of thioether (sulfide) groups is 1. The standard InChI is InChI=1S/C21H18ClNO3S/c22-16-7-3-5-14-6-4-10-19(21(14)16)27-13-20(24)23-11-15-12-25-17-8-1-2-9-18(17)26-15/h1-10,15H,11-13H2,(H,23,24)/t15-/m0/s1. The molecular formula is C21H18ClNO3S. The number of benzene rings is 3. The molecule has 3 aromatic carbocycles. The Bertz CT molecular complexity index is 973. The Hall–Kier alpha value is -2.37. The summed E-state index contributed by atoms with van der Waals surface area (Å²) in [5.74, 6) is 1.71. The minimum atomic E-state index is -0.194. The van der Waals surface area contributed by atoms with Gasteiger partial charge in [0.1, 0.15) is 12.7 Å². The van der Waals surface area contributed by atoms with Crippen molar-refractivity contribution in [2.45, 2.75) is 11.0 Å². The lowest BCUT2D eigenvalue weighted by Gasteiger charge is -2.26. The molecule has 0 bridgehead atoms. The van der Waals surface area contributed by atoms with E-state index in [-0.39, 0.29) is 12.0 Å². The fourth-order valence-corrected chi connectivity index (χ4v) is 4.24. The first-order valence-corrected chi connectivity index (χ1v) is 10.0. The normalized spacial score (nSPS) is 15.5. The number of halogens is 1. The van der Waals surface area contributed by atoms with Crippen LogP contribution in [0.5, 0.6) is 11.5 Å². The molecule has 3 aromatic rings. The molecule has 0 aromatic heterocycles. The van der Waals surface area contributed by atoms with E-state index in [4.69, 9.17) is 21.1 Å². The Labute approximate surface area is 166 Å². The molecule has 4 rings (SSSR count).